The number of nitro groups is 1. The predicted octanol–water partition coefficient (Wildman–Crippen LogP) is 2.29. The normalized spacial score (nSPS) is 16.8. The first kappa shape index (κ1) is 20.1. The van der Waals surface area contributed by atoms with Crippen LogP contribution in [0.5, 0.6) is 0 Å². The second-order valence-corrected chi connectivity index (χ2v) is 7.62. The van der Waals surface area contributed by atoms with E-state index in [9.17, 15) is 18.5 Å². The first-order valence-corrected chi connectivity index (χ1v) is 8.76. The lowest BCUT2D eigenvalue weighted by Crippen LogP contribution is -2.40. The monoisotopic (exact) mass is 383 g/mol. The molecule has 0 saturated carbocycles. The quantitative estimate of drug-likeness (QED) is 0.621. The van der Waals surface area contributed by atoms with Crippen molar-refractivity contribution >= 4 is 39.7 Å². The Morgan fingerprint density at radius 3 is 2.52 bits per heavy atom. The Balaban J connectivity index is 0.00000264. The number of piperidine rings is 1. The summed E-state index contributed by atoms with van der Waals surface area (Å²) in [6, 6.07) is 3.59. The number of hydrogen-bond acceptors (Lipinski definition) is 5. The molecule has 0 aliphatic carbocycles. The van der Waals surface area contributed by atoms with E-state index in [0.29, 0.717) is 19.0 Å². The van der Waals surface area contributed by atoms with Crippen LogP contribution in [-0.4, -0.2) is 44.3 Å². The van der Waals surface area contributed by atoms with Crippen molar-refractivity contribution in [2.45, 2.75) is 17.7 Å². The highest BCUT2D eigenvalue weighted by molar-refractivity contribution is 7.89. The van der Waals surface area contributed by atoms with Crippen molar-refractivity contribution in [3.63, 3.8) is 0 Å². The number of hydrogen-bond donors (Lipinski definition) is 1. The van der Waals surface area contributed by atoms with Gasteiger partial charge in [-0.05, 0) is 44.5 Å². The van der Waals surface area contributed by atoms with Gasteiger partial charge in [0.15, 0.2) is 4.90 Å². The Labute approximate surface area is 146 Å². The molecule has 0 spiro atoms. The molecule has 130 valence electrons. The summed E-state index contributed by atoms with van der Waals surface area (Å²) in [6.45, 7) is 1.56. The molecule has 0 atom stereocenters. The van der Waals surface area contributed by atoms with E-state index in [0.717, 1.165) is 31.5 Å². The highest BCUT2D eigenvalue weighted by Crippen LogP contribution is 2.31. The third-order valence-corrected chi connectivity index (χ3v) is 5.97. The van der Waals surface area contributed by atoms with E-state index in [2.05, 4.69) is 5.32 Å². The molecule has 1 saturated heterocycles. The van der Waals surface area contributed by atoms with Crippen LogP contribution in [0.15, 0.2) is 23.1 Å². The van der Waals surface area contributed by atoms with Crippen molar-refractivity contribution in [3.8, 4) is 0 Å². The topological polar surface area (TPSA) is 92.6 Å². The molecule has 0 bridgehead atoms. The second kappa shape index (κ2) is 8.25. The molecule has 1 aromatic carbocycles. The molecular formula is C13H19Cl2N3O4S. The minimum Gasteiger partial charge on any atom is -0.319 e. The van der Waals surface area contributed by atoms with Crippen molar-refractivity contribution in [3.05, 3.63) is 33.3 Å². The lowest BCUT2D eigenvalue weighted by atomic mass is 9.98. The minimum absolute atomic E-state index is 0. The lowest BCUT2D eigenvalue weighted by molar-refractivity contribution is -0.387. The van der Waals surface area contributed by atoms with Crippen molar-refractivity contribution in [1.82, 2.24) is 9.62 Å². The van der Waals surface area contributed by atoms with E-state index in [1.807, 2.05) is 7.05 Å². The van der Waals surface area contributed by atoms with Crippen LogP contribution in [0.4, 0.5) is 5.69 Å². The Morgan fingerprint density at radius 1 is 1.39 bits per heavy atom. The van der Waals surface area contributed by atoms with Gasteiger partial charge in [-0.15, -0.1) is 12.4 Å². The van der Waals surface area contributed by atoms with Gasteiger partial charge < -0.3 is 5.32 Å². The van der Waals surface area contributed by atoms with Crippen LogP contribution in [0.25, 0.3) is 0 Å². The van der Waals surface area contributed by atoms with E-state index < -0.39 is 20.6 Å². The average molecular weight is 384 g/mol. The van der Waals surface area contributed by atoms with E-state index in [-0.39, 0.29) is 22.3 Å². The molecule has 0 unspecified atom stereocenters. The SMILES string of the molecule is CNCC1CCN(S(=O)(=O)c2cc(Cl)ccc2[N+](=O)[O-])CC1.Cl. The van der Waals surface area contributed by atoms with Crippen molar-refractivity contribution in [2.75, 3.05) is 26.7 Å². The average Bonchev–Trinajstić information content (AvgIpc) is 2.47. The minimum atomic E-state index is -3.91. The van der Waals surface area contributed by atoms with Gasteiger partial charge in [-0.3, -0.25) is 10.1 Å². The number of rotatable bonds is 5. The van der Waals surface area contributed by atoms with Gasteiger partial charge in [0.05, 0.1) is 4.92 Å². The fourth-order valence-electron chi connectivity index (χ4n) is 2.63. The standard InChI is InChI=1S/C13H18ClN3O4S.ClH/c1-15-9-10-4-6-16(7-5-10)22(20,21)13-8-11(14)2-3-12(13)17(18)19;/h2-3,8,10,15H,4-7,9H2,1H3;1H. The van der Waals surface area contributed by atoms with Crippen LogP contribution < -0.4 is 5.32 Å². The van der Waals surface area contributed by atoms with Crippen LogP contribution in [-0.2, 0) is 10.0 Å². The number of benzene rings is 1. The van der Waals surface area contributed by atoms with Gasteiger partial charge in [0.2, 0.25) is 10.0 Å². The predicted molar refractivity (Wildman–Crippen MR) is 90.8 cm³/mol. The molecule has 1 N–H and O–H groups in total. The van der Waals surface area contributed by atoms with E-state index in [1.165, 1.54) is 10.4 Å². The third-order valence-electron chi connectivity index (χ3n) is 3.80. The van der Waals surface area contributed by atoms with E-state index >= 15 is 0 Å². The van der Waals surface area contributed by atoms with Gasteiger partial charge in [-0.2, -0.15) is 4.31 Å². The first-order valence-electron chi connectivity index (χ1n) is 6.95. The van der Waals surface area contributed by atoms with Crippen LogP contribution in [0, 0.1) is 16.0 Å². The van der Waals surface area contributed by atoms with Gasteiger partial charge in [0.1, 0.15) is 0 Å². The number of halogens is 2. The maximum atomic E-state index is 12.7. The molecule has 23 heavy (non-hydrogen) atoms. The molecular weight excluding hydrogens is 365 g/mol. The van der Waals surface area contributed by atoms with Crippen LogP contribution in [0.2, 0.25) is 5.02 Å². The Hall–Kier alpha value is -0.930. The van der Waals surface area contributed by atoms with Crippen molar-refractivity contribution in [1.29, 1.82) is 0 Å². The number of nitrogens with one attached hydrogen (secondary N) is 1. The number of nitrogens with zero attached hydrogens (tertiary/aromatic N) is 2. The highest BCUT2D eigenvalue weighted by Gasteiger charge is 2.34. The lowest BCUT2D eigenvalue weighted by Gasteiger charge is -2.31. The summed E-state index contributed by atoms with van der Waals surface area (Å²) in [4.78, 5) is 10.0. The van der Waals surface area contributed by atoms with Gasteiger partial charge in [0.25, 0.3) is 5.69 Å². The van der Waals surface area contributed by atoms with Crippen LogP contribution in [0.1, 0.15) is 12.8 Å². The number of sulfonamides is 1. The van der Waals surface area contributed by atoms with Crippen LogP contribution in [0.3, 0.4) is 0 Å². The molecule has 10 heteroatoms. The summed E-state index contributed by atoms with van der Waals surface area (Å²) in [5.41, 5.74) is -0.443. The fraction of sp³-hybridized carbons (Fsp3) is 0.538. The van der Waals surface area contributed by atoms with Gasteiger partial charge in [-0.25, -0.2) is 8.42 Å². The summed E-state index contributed by atoms with van der Waals surface area (Å²) in [5, 5.41) is 14.3. The smallest absolute Gasteiger partial charge is 0.289 e. The first-order chi connectivity index (χ1) is 10.4. The molecule has 0 radical (unpaired) electrons. The van der Waals surface area contributed by atoms with Crippen LogP contribution >= 0.6 is 24.0 Å². The largest absolute Gasteiger partial charge is 0.319 e. The van der Waals surface area contributed by atoms with Crippen molar-refractivity contribution in [2.24, 2.45) is 5.92 Å². The van der Waals surface area contributed by atoms with Gasteiger partial charge in [0, 0.05) is 24.2 Å². The van der Waals surface area contributed by atoms with E-state index in [4.69, 9.17) is 11.6 Å². The fourth-order valence-corrected chi connectivity index (χ4v) is 4.52. The highest BCUT2D eigenvalue weighted by atomic mass is 35.5. The van der Waals surface area contributed by atoms with Crippen molar-refractivity contribution < 1.29 is 13.3 Å². The summed E-state index contributed by atoms with van der Waals surface area (Å²) in [7, 11) is -2.05. The summed E-state index contributed by atoms with van der Waals surface area (Å²) in [6.07, 6.45) is 1.46. The van der Waals surface area contributed by atoms with E-state index in [1.54, 1.807) is 0 Å². The molecule has 1 aliphatic rings. The Morgan fingerprint density at radius 2 is 2.00 bits per heavy atom. The molecule has 1 aromatic rings. The summed E-state index contributed by atoms with van der Waals surface area (Å²) < 4.78 is 26.7. The Kier molecular flexibility index (Phi) is 7.22. The molecule has 1 fully saturated rings. The second-order valence-electron chi connectivity index (χ2n) is 5.27. The summed E-state index contributed by atoms with van der Waals surface area (Å²) >= 11 is 5.82. The molecule has 2 rings (SSSR count). The third kappa shape index (κ3) is 4.54. The maximum Gasteiger partial charge on any atom is 0.289 e. The molecule has 0 aromatic heterocycles. The van der Waals surface area contributed by atoms with Gasteiger partial charge in [-0.1, -0.05) is 11.6 Å². The molecule has 1 heterocycles. The maximum absolute atomic E-state index is 12.7. The Bertz CT molecular complexity index is 661. The molecule has 7 nitrogen and oxygen atoms in total. The zero-order valence-corrected chi connectivity index (χ0v) is 15.0. The number of nitro benzene ring substituents is 1. The zero-order chi connectivity index (χ0) is 16.3. The zero-order valence-electron chi connectivity index (χ0n) is 12.6. The summed E-state index contributed by atoms with van der Waals surface area (Å²) in [5.74, 6) is 0.422. The van der Waals surface area contributed by atoms with Gasteiger partial charge >= 0.3 is 0 Å². The molecule has 1 aliphatic heterocycles. The molecule has 0 amide bonds.